The van der Waals surface area contributed by atoms with Gasteiger partial charge in [0, 0.05) is 24.2 Å². The van der Waals surface area contributed by atoms with Crippen molar-refractivity contribution in [3.63, 3.8) is 0 Å². The zero-order chi connectivity index (χ0) is 15.2. The van der Waals surface area contributed by atoms with E-state index in [0.717, 1.165) is 30.6 Å². The number of halogens is 1. The largest absolute Gasteiger partial charge is 0.384 e. The molecule has 1 aromatic carbocycles. The second-order valence-corrected chi connectivity index (χ2v) is 6.85. The average molecular weight is 355 g/mol. The summed E-state index contributed by atoms with van der Waals surface area (Å²) in [6.45, 7) is 5.22. The van der Waals surface area contributed by atoms with E-state index in [-0.39, 0.29) is 12.1 Å². The summed E-state index contributed by atoms with van der Waals surface area (Å²) in [4.78, 5) is 2.56. The minimum absolute atomic E-state index is 0.157. The fourth-order valence-electron chi connectivity index (χ4n) is 3.36. The molecule has 3 atom stereocenters. The zero-order valence-corrected chi connectivity index (χ0v) is 14.7. The Kier molecular flexibility index (Phi) is 6.68. The number of ether oxygens (including phenoxy) is 1. The Bertz CT molecular complexity index is 439. The summed E-state index contributed by atoms with van der Waals surface area (Å²) in [6.07, 6.45) is 3.47. The van der Waals surface area contributed by atoms with Crippen molar-refractivity contribution in [1.29, 1.82) is 0 Å². The maximum Gasteiger partial charge on any atom is 0.0510 e. The number of hydrogen-bond donors (Lipinski definition) is 1. The van der Waals surface area contributed by atoms with Crippen molar-refractivity contribution in [1.82, 2.24) is 4.90 Å². The van der Waals surface area contributed by atoms with Gasteiger partial charge in [0.2, 0.25) is 0 Å². The fraction of sp³-hybridized carbons (Fsp3) is 0.647. The molecule has 1 aliphatic rings. The second kappa shape index (κ2) is 8.28. The van der Waals surface area contributed by atoms with E-state index >= 15 is 0 Å². The third kappa shape index (κ3) is 4.28. The summed E-state index contributed by atoms with van der Waals surface area (Å²) in [5.41, 5.74) is 7.78. The molecule has 0 aliphatic carbocycles. The maximum atomic E-state index is 6.47. The van der Waals surface area contributed by atoms with Crippen LogP contribution in [0, 0.1) is 5.92 Å². The number of nitrogens with zero attached hydrogens (tertiary/aromatic N) is 1. The zero-order valence-electron chi connectivity index (χ0n) is 13.1. The molecule has 4 heteroatoms. The van der Waals surface area contributed by atoms with E-state index in [1.54, 1.807) is 7.11 Å². The molecule has 3 unspecified atom stereocenters. The molecule has 0 saturated carbocycles. The van der Waals surface area contributed by atoms with Gasteiger partial charge in [0.05, 0.1) is 12.6 Å². The van der Waals surface area contributed by atoms with Gasteiger partial charge in [-0.05, 0) is 43.4 Å². The predicted molar refractivity (Wildman–Crippen MR) is 91.3 cm³/mol. The van der Waals surface area contributed by atoms with Crippen LogP contribution >= 0.6 is 15.9 Å². The van der Waals surface area contributed by atoms with Crippen LogP contribution < -0.4 is 5.73 Å². The van der Waals surface area contributed by atoms with E-state index in [1.807, 2.05) is 0 Å². The number of nitrogens with two attached hydrogens (primary N) is 1. The first-order valence-corrected chi connectivity index (χ1v) is 8.69. The average Bonchev–Trinajstić information content (AvgIpc) is 2.50. The van der Waals surface area contributed by atoms with Crippen LogP contribution in [0.5, 0.6) is 0 Å². The van der Waals surface area contributed by atoms with Crippen molar-refractivity contribution in [3.05, 3.63) is 34.3 Å². The Morgan fingerprint density at radius 2 is 2.19 bits per heavy atom. The van der Waals surface area contributed by atoms with Crippen molar-refractivity contribution in [2.75, 3.05) is 26.8 Å². The highest BCUT2D eigenvalue weighted by molar-refractivity contribution is 9.10. The molecule has 1 fully saturated rings. The van der Waals surface area contributed by atoms with Gasteiger partial charge in [0.1, 0.15) is 0 Å². The molecule has 1 aromatic rings. The van der Waals surface area contributed by atoms with Crippen LogP contribution in [0.4, 0.5) is 0 Å². The molecule has 1 saturated heterocycles. The lowest BCUT2D eigenvalue weighted by Crippen LogP contribution is -2.46. The summed E-state index contributed by atoms with van der Waals surface area (Å²) in [5, 5.41) is 0. The van der Waals surface area contributed by atoms with Crippen LogP contribution in [0.3, 0.4) is 0 Å². The molecule has 0 amide bonds. The van der Waals surface area contributed by atoms with E-state index < -0.39 is 0 Å². The maximum absolute atomic E-state index is 6.47. The van der Waals surface area contributed by atoms with Gasteiger partial charge < -0.3 is 10.5 Å². The van der Waals surface area contributed by atoms with Crippen LogP contribution in [0.15, 0.2) is 28.7 Å². The first-order chi connectivity index (χ1) is 10.2. The predicted octanol–water partition coefficient (Wildman–Crippen LogP) is 3.59. The van der Waals surface area contributed by atoms with E-state index in [0.29, 0.717) is 5.92 Å². The Hall–Kier alpha value is -0.420. The lowest BCUT2D eigenvalue weighted by molar-refractivity contribution is 0.0595. The quantitative estimate of drug-likeness (QED) is 0.848. The van der Waals surface area contributed by atoms with E-state index in [1.165, 1.54) is 18.4 Å². The highest BCUT2D eigenvalue weighted by Gasteiger charge is 2.31. The molecule has 1 heterocycles. The topological polar surface area (TPSA) is 38.5 Å². The van der Waals surface area contributed by atoms with Crippen molar-refractivity contribution < 1.29 is 4.74 Å². The summed E-state index contributed by atoms with van der Waals surface area (Å²) >= 11 is 3.70. The Labute approximate surface area is 137 Å². The number of likely N-dealkylation sites (tertiary alicyclic amines) is 1. The van der Waals surface area contributed by atoms with Gasteiger partial charge >= 0.3 is 0 Å². The van der Waals surface area contributed by atoms with E-state index in [2.05, 4.69) is 52.0 Å². The monoisotopic (exact) mass is 354 g/mol. The lowest BCUT2D eigenvalue weighted by Gasteiger charge is -2.41. The van der Waals surface area contributed by atoms with Crippen molar-refractivity contribution in [2.45, 2.75) is 38.3 Å². The van der Waals surface area contributed by atoms with Crippen LogP contribution in [-0.4, -0.2) is 37.7 Å². The highest BCUT2D eigenvalue weighted by Crippen LogP contribution is 2.33. The van der Waals surface area contributed by atoms with Crippen LogP contribution in [0.1, 0.15) is 37.8 Å². The Morgan fingerprint density at radius 3 is 2.86 bits per heavy atom. The number of hydrogen-bond acceptors (Lipinski definition) is 3. The van der Waals surface area contributed by atoms with Crippen molar-refractivity contribution in [2.24, 2.45) is 11.7 Å². The standard InChI is InChI=1S/C17H27BrN2O/c1-3-16(19)17(14-8-4-5-9-15(14)18)20-10-6-7-13(11-20)12-21-2/h4-5,8-9,13,16-17H,3,6-7,10-12,19H2,1-2H3. The summed E-state index contributed by atoms with van der Waals surface area (Å²) in [5.74, 6) is 0.623. The molecule has 2 rings (SSSR count). The van der Waals surface area contributed by atoms with Crippen LogP contribution in [0.2, 0.25) is 0 Å². The number of piperidine rings is 1. The molecular weight excluding hydrogens is 328 g/mol. The molecule has 118 valence electrons. The smallest absolute Gasteiger partial charge is 0.0510 e. The molecule has 0 bridgehead atoms. The van der Waals surface area contributed by atoms with Gasteiger partial charge in [-0.1, -0.05) is 41.1 Å². The molecule has 21 heavy (non-hydrogen) atoms. The summed E-state index contributed by atoms with van der Waals surface area (Å²) in [7, 11) is 1.79. The van der Waals surface area contributed by atoms with Gasteiger partial charge in [0.25, 0.3) is 0 Å². The first kappa shape index (κ1) is 16.9. The number of methoxy groups -OCH3 is 1. The molecular formula is C17H27BrN2O. The molecule has 3 nitrogen and oxygen atoms in total. The highest BCUT2D eigenvalue weighted by atomic mass is 79.9. The molecule has 0 radical (unpaired) electrons. The second-order valence-electron chi connectivity index (χ2n) is 6.00. The minimum atomic E-state index is 0.157. The summed E-state index contributed by atoms with van der Waals surface area (Å²) < 4.78 is 6.52. The normalized spacial score (nSPS) is 23.0. The fourth-order valence-corrected chi connectivity index (χ4v) is 3.88. The number of benzene rings is 1. The SMILES string of the molecule is CCC(N)C(c1ccccc1Br)N1CCCC(COC)C1. The van der Waals surface area contributed by atoms with Crippen LogP contribution in [0.25, 0.3) is 0 Å². The summed E-state index contributed by atoms with van der Waals surface area (Å²) in [6, 6.07) is 8.92. The van der Waals surface area contributed by atoms with Crippen LogP contribution in [-0.2, 0) is 4.74 Å². The minimum Gasteiger partial charge on any atom is -0.384 e. The van der Waals surface area contributed by atoms with Crippen molar-refractivity contribution >= 4 is 15.9 Å². The van der Waals surface area contributed by atoms with E-state index in [4.69, 9.17) is 10.5 Å². The van der Waals surface area contributed by atoms with Gasteiger partial charge in [0.15, 0.2) is 0 Å². The number of rotatable bonds is 6. The molecule has 0 spiro atoms. The molecule has 1 aliphatic heterocycles. The lowest BCUT2D eigenvalue weighted by atomic mass is 9.91. The van der Waals surface area contributed by atoms with Crippen molar-refractivity contribution in [3.8, 4) is 0 Å². The van der Waals surface area contributed by atoms with Gasteiger partial charge in [-0.15, -0.1) is 0 Å². The molecule has 0 aromatic heterocycles. The Balaban J connectivity index is 2.22. The third-order valence-corrected chi connectivity index (χ3v) is 5.17. The Morgan fingerprint density at radius 1 is 1.43 bits per heavy atom. The molecule has 2 N–H and O–H groups in total. The first-order valence-electron chi connectivity index (χ1n) is 7.90. The van der Waals surface area contributed by atoms with Gasteiger partial charge in [-0.2, -0.15) is 0 Å². The van der Waals surface area contributed by atoms with Gasteiger partial charge in [-0.25, -0.2) is 0 Å². The van der Waals surface area contributed by atoms with Gasteiger partial charge in [-0.3, -0.25) is 4.90 Å². The third-order valence-electron chi connectivity index (χ3n) is 4.45. The van der Waals surface area contributed by atoms with E-state index in [9.17, 15) is 0 Å².